The van der Waals surface area contributed by atoms with Gasteiger partial charge in [0.1, 0.15) is 11.5 Å². The molecule has 2 rings (SSSR count). The molecule has 0 amide bonds. The van der Waals surface area contributed by atoms with Crippen LogP contribution in [0.25, 0.3) is 0 Å². The Labute approximate surface area is 114 Å². The number of terminal acetylenes is 2. The Morgan fingerprint density at radius 3 is 1.37 bits per heavy atom. The molecule has 0 aliphatic carbocycles. The van der Waals surface area contributed by atoms with E-state index in [1.54, 1.807) is 0 Å². The molecule has 2 aromatic carbocycles. The second-order valence-electron chi connectivity index (χ2n) is 4.15. The number of hydrogen-bond acceptors (Lipinski definition) is 1. The van der Waals surface area contributed by atoms with E-state index in [2.05, 4.69) is 11.8 Å². The Balaban J connectivity index is 2.04. The first-order valence-corrected chi connectivity index (χ1v) is 6.04. The van der Waals surface area contributed by atoms with Crippen molar-refractivity contribution in [2.24, 2.45) is 0 Å². The monoisotopic (exact) mass is 246 g/mol. The van der Waals surface area contributed by atoms with E-state index in [4.69, 9.17) is 17.6 Å². The van der Waals surface area contributed by atoms with E-state index < -0.39 is 0 Å². The molecule has 0 aliphatic rings. The summed E-state index contributed by atoms with van der Waals surface area (Å²) in [5.41, 5.74) is 2.22. The normalized spacial score (nSPS) is 9.37. The molecule has 0 saturated carbocycles. The van der Waals surface area contributed by atoms with Crippen molar-refractivity contribution in [2.75, 3.05) is 0 Å². The van der Waals surface area contributed by atoms with Gasteiger partial charge in [-0.25, -0.2) is 0 Å². The number of rotatable bonds is 4. The lowest BCUT2D eigenvalue weighted by Gasteiger charge is -2.06. The summed E-state index contributed by atoms with van der Waals surface area (Å²) in [5.74, 6) is 6.82. The zero-order valence-electron chi connectivity index (χ0n) is 10.6. The van der Waals surface area contributed by atoms with Gasteiger partial charge in [0.05, 0.1) is 0 Å². The van der Waals surface area contributed by atoms with Crippen LogP contribution in [0.1, 0.15) is 11.1 Å². The molecule has 0 heterocycles. The lowest BCUT2D eigenvalue weighted by molar-refractivity contribution is 0.482. The molecule has 0 unspecified atom stereocenters. The van der Waals surface area contributed by atoms with Crippen LogP contribution in [0.15, 0.2) is 48.5 Å². The predicted octanol–water partition coefficient (Wildman–Crippen LogP) is 3.83. The van der Waals surface area contributed by atoms with E-state index in [0.29, 0.717) is 12.8 Å². The molecule has 19 heavy (non-hydrogen) atoms. The summed E-state index contributed by atoms with van der Waals surface area (Å²) in [6.45, 7) is 0. The second kappa shape index (κ2) is 6.34. The van der Waals surface area contributed by atoms with Gasteiger partial charge >= 0.3 is 0 Å². The third kappa shape index (κ3) is 3.66. The van der Waals surface area contributed by atoms with Crippen molar-refractivity contribution in [3.63, 3.8) is 0 Å². The van der Waals surface area contributed by atoms with Crippen LogP contribution in [0.3, 0.4) is 0 Å². The molecule has 0 saturated heterocycles. The highest BCUT2D eigenvalue weighted by Crippen LogP contribution is 2.22. The van der Waals surface area contributed by atoms with Crippen LogP contribution in [0.2, 0.25) is 0 Å². The Kier molecular flexibility index (Phi) is 4.27. The summed E-state index contributed by atoms with van der Waals surface area (Å²) in [6, 6.07) is 15.6. The maximum atomic E-state index is 5.74. The lowest BCUT2D eigenvalue weighted by Crippen LogP contribution is -1.87. The Morgan fingerprint density at radius 1 is 0.684 bits per heavy atom. The summed E-state index contributed by atoms with van der Waals surface area (Å²) < 4.78 is 5.74. The van der Waals surface area contributed by atoms with Gasteiger partial charge in [-0.1, -0.05) is 24.3 Å². The molecule has 0 spiro atoms. The smallest absolute Gasteiger partial charge is 0.127 e. The molecule has 0 aromatic heterocycles. The fourth-order valence-electron chi connectivity index (χ4n) is 1.72. The number of ether oxygens (including phenoxy) is 1. The lowest BCUT2D eigenvalue weighted by atomic mass is 10.1. The quantitative estimate of drug-likeness (QED) is 0.745. The van der Waals surface area contributed by atoms with E-state index in [-0.39, 0.29) is 0 Å². The van der Waals surface area contributed by atoms with Crippen molar-refractivity contribution in [2.45, 2.75) is 12.8 Å². The molecule has 0 bridgehead atoms. The summed E-state index contributed by atoms with van der Waals surface area (Å²) in [7, 11) is 0. The SMILES string of the molecule is C#CCc1ccc(Oc2ccc(CC#C)cc2)cc1. The number of benzene rings is 2. The second-order valence-corrected chi connectivity index (χ2v) is 4.15. The predicted molar refractivity (Wildman–Crippen MR) is 78.0 cm³/mol. The average molecular weight is 246 g/mol. The fourth-order valence-corrected chi connectivity index (χ4v) is 1.72. The van der Waals surface area contributed by atoms with Crippen LogP contribution in [0.5, 0.6) is 11.5 Å². The molecule has 0 fully saturated rings. The molecule has 0 aliphatic heterocycles. The molecule has 0 radical (unpaired) electrons. The standard InChI is InChI=1S/C18H14O/c1-3-5-15-7-11-17(12-8-15)19-18-13-9-16(6-4-2)10-14-18/h1-2,7-14H,5-6H2. The minimum Gasteiger partial charge on any atom is -0.457 e. The van der Waals surface area contributed by atoms with Gasteiger partial charge in [-0.2, -0.15) is 0 Å². The van der Waals surface area contributed by atoms with Gasteiger partial charge in [-0.3, -0.25) is 0 Å². The summed E-state index contributed by atoms with van der Waals surface area (Å²) in [6.07, 6.45) is 11.8. The maximum absolute atomic E-state index is 5.74. The third-order valence-electron chi connectivity index (χ3n) is 2.69. The Bertz CT molecular complexity index is 549. The molecule has 92 valence electrons. The van der Waals surface area contributed by atoms with E-state index >= 15 is 0 Å². The molecule has 2 aromatic rings. The van der Waals surface area contributed by atoms with Gasteiger partial charge in [0.2, 0.25) is 0 Å². The highest BCUT2D eigenvalue weighted by Gasteiger charge is 1.98. The molecule has 0 atom stereocenters. The molecule has 1 nitrogen and oxygen atoms in total. The third-order valence-corrected chi connectivity index (χ3v) is 2.69. The van der Waals surface area contributed by atoms with Crippen molar-refractivity contribution in [3.05, 3.63) is 59.7 Å². The van der Waals surface area contributed by atoms with E-state index in [9.17, 15) is 0 Å². The van der Waals surface area contributed by atoms with Gasteiger partial charge in [0.15, 0.2) is 0 Å². The van der Waals surface area contributed by atoms with E-state index in [1.165, 1.54) is 0 Å². The van der Waals surface area contributed by atoms with Crippen LogP contribution in [0, 0.1) is 24.7 Å². The van der Waals surface area contributed by atoms with Crippen LogP contribution in [-0.2, 0) is 12.8 Å². The maximum Gasteiger partial charge on any atom is 0.127 e. The summed E-state index contributed by atoms with van der Waals surface area (Å²) in [4.78, 5) is 0. The largest absolute Gasteiger partial charge is 0.457 e. The highest BCUT2D eigenvalue weighted by molar-refractivity contribution is 5.35. The van der Waals surface area contributed by atoms with E-state index in [1.807, 2.05) is 48.5 Å². The van der Waals surface area contributed by atoms with Gasteiger partial charge in [0, 0.05) is 12.8 Å². The van der Waals surface area contributed by atoms with Crippen molar-refractivity contribution in [1.29, 1.82) is 0 Å². The van der Waals surface area contributed by atoms with Gasteiger partial charge in [0.25, 0.3) is 0 Å². The summed E-state index contributed by atoms with van der Waals surface area (Å²) in [5, 5.41) is 0. The summed E-state index contributed by atoms with van der Waals surface area (Å²) >= 11 is 0. The average Bonchev–Trinajstić information content (AvgIpc) is 2.44. The van der Waals surface area contributed by atoms with Crippen molar-refractivity contribution in [3.8, 4) is 36.2 Å². The van der Waals surface area contributed by atoms with Gasteiger partial charge in [-0.05, 0) is 35.4 Å². The van der Waals surface area contributed by atoms with Crippen LogP contribution in [0.4, 0.5) is 0 Å². The Hall–Kier alpha value is -2.64. The molecular weight excluding hydrogens is 232 g/mol. The van der Waals surface area contributed by atoms with Crippen LogP contribution in [-0.4, -0.2) is 0 Å². The molecular formula is C18H14O. The minimum absolute atomic E-state index is 0.640. The zero-order valence-corrected chi connectivity index (χ0v) is 10.6. The first-order chi connectivity index (χ1) is 9.31. The molecule has 1 heteroatoms. The van der Waals surface area contributed by atoms with Crippen molar-refractivity contribution >= 4 is 0 Å². The van der Waals surface area contributed by atoms with Crippen LogP contribution < -0.4 is 4.74 Å². The van der Waals surface area contributed by atoms with Crippen molar-refractivity contribution in [1.82, 2.24) is 0 Å². The molecule has 0 N–H and O–H groups in total. The van der Waals surface area contributed by atoms with Crippen LogP contribution >= 0.6 is 0 Å². The fraction of sp³-hybridized carbons (Fsp3) is 0.111. The Morgan fingerprint density at radius 2 is 1.05 bits per heavy atom. The van der Waals surface area contributed by atoms with Gasteiger partial charge in [-0.15, -0.1) is 24.7 Å². The minimum atomic E-state index is 0.640. The first kappa shape index (κ1) is 12.8. The van der Waals surface area contributed by atoms with Crippen molar-refractivity contribution < 1.29 is 4.74 Å². The number of hydrogen-bond donors (Lipinski definition) is 0. The van der Waals surface area contributed by atoms with Gasteiger partial charge < -0.3 is 4.74 Å². The first-order valence-electron chi connectivity index (χ1n) is 6.04. The zero-order chi connectivity index (χ0) is 13.5. The van der Waals surface area contributed by atoms with E-state index in [0.717, 1.165) is 22.6 Å². The highest BCUT2D eigenvalue weighted by atomic mass is 16.5. The topological polar surface area (TPSA) is 9.23 Å².